The van der Waals surface area contributed by atoms with Gasteiger partial charge in [-0.2, -0.15) is 0 Å². The van der Waals surface area contributed by atoms with E-state index >= 15 is 0 Å². The van der Waals surface area contributed by atoms with Crippen LogP contribution in [0.3, 0.4) is 0 Å². The topological polar surface area (TPSA) is 99.2 Å². The van der Waals surface area contributed by atoms with Crippen molar-refractivity contribution in [3.8, 4) is 0 Å². The minimum atomic E-state index is -0.374. The fourth-order valence-electron chi connectivity index (χ4n) is 3.42. The molecule has 2 unspecified atom stereocenters. The normalized spacial score (nSPS) is 28.1. The summed E-state index contributed by atoms with van der Waals surface area (Å²) in [5.74, 6) is 0.184. The molecular formula is C17H22N6O2S. The summed E-state index contributed by atoms with van der Waals surface area (Å²) in [6.45, 7) is 4.37. The number of likely N-dealkylation sites (tertiary alicyclic amines) is 1. The SMILES string of the molecule is O=C1NC(=O)C(=Cc2ccnc(NC3CCCN(CC4CCN4)C3)n2)S1. The number of hydrogen-bond acceptors (Lipinski definition) is 8. The Morgan fingerprint density at radius 2 is 2.27 bits per heavy atom. The zero-order valence-electron chi connectivity index (χ0n) is 14.4. The number of hydrogen-bond donors (Lipinski definition) is 3. The predicted octanol–water partition coefficient (Wildman–Crippen LogP) is 1.04. The monoisotopic (exact) mass is 374 g/mol. The number of thioether (sulfide) groups is 1. The second-order valence-corrected chi connectivity index (χ2v) is 7.85. The maximum atomic E-state index is 11.7. The number of anilines is 1. The molecule has 0 radical (unpaired) electrons. The first-order valence-corrected chi connectivity index (χ1v) is 9.77. The Morgan fingerprint density at radius 3 is 3.00 bits per heavy atom. The lowest BCUT2D eigenvalue weighted by Gasteiger charge is -2.38. The molecule has 4 heterocycles. The molecule has 4 rings (SSSR count). The predicted molar refractivity (Wildman–Crippen MR) is 101 cm³/mol. The Hall–Kier alpha value is -1.97. The van der Waals surface area contributed by atoms with Gasteiger partial charge in [0.2, 0.25) is 5.95 Å². The number of amides is 2. The van der Waals surface area contributed by atoms with Crippen LogP contribution in [0, 0.1) is 0 Å². The van der Waals surface area contributed by atoms with Gasteiger partial charge in [-0.05, 0) is 56.3 Å². The highest BCUT2D eigenvalue weighted by Gasteiger charge is 2.26. The first kappa shape index (κ1) is 17.4. The van der Waals surface area contributed by atoms with Gasteiger partial charge in [-0.1, -0.05) is 0 Å². The molecule has 138 valence electrons. The first-order valence-electron chi connectivity index (χ1n) is 8.96. The lowest BCUT2D eigenvalue weighted by molar-refractivity contribution is -0.115. The van der Waals surface area contributed by atoms with Crippen LogP contribution in [0.15, 0.2) is 17.2 Å². The lowest BCUT2D eigenvalue weighted by atomic mass is 10.0. The summed E-state index contributed by atoms with van der Waals surface area (Å²) in [5, 5.41) is 8.77. The summed E-state index contributed by atoms with van der Waals surface area (Å²) in [5.41, 5.74) is 0.612. The van der Waals surface area contributed by atoms with Crippen LogP contribution in [0.25, 0.3) is 6.08 Å². The molecule has 1 aromatic rings. The van der Waals surface area contributed by atoms with Crippen molar-refractivity contribution in [3.05, 3.63) is 22.9 Å². The highest BCUT2D eigenvalue weighted by molar-refractivity contribution is 8.18. The number of nitrogens with one attached hydrogen (secondary N) is 3. The number of nitrogens with zero attached hydrogens (tertiary/aromatic N) is 3. The Labute approximate surface area is 156 Å². The van der Waals surface area contributed by atoms with Crippen molar-refractivity contribution < 1.29 is 9.59 Å². The quantitative estimate of drug-likeness (QED) is 0.658. The second-order valence-electron chi connectivity index (χ2n) is 6.84. The van der Waals surface area contributed by atoms with Crippen LogP contribution in [-0.2, 0) is 4.79 Å². The Bertz CT molecular complexity index is 736. The van der Waals surface area contributed by atoms with Gasteiger partial charge in [0.05, 0.1) is 10.6 Å². The average Bonchev–Trinajstić information content (AvgIpc) is 2.89. The number of carbonyl (C=O) groups excluding carboxylic acids is 2. The zero-order chi connectivity index (χ0) is 17.9. The van der Waals surface area contributed by atoms with E-state index in [1.807, 2.05) is 0 Å². The number of piperidine rings is 1. The summed E-state index contributed by atoms with van der Waals surface area (Å²) in [6.07, 6.45) is 6.80. The van der Waals surface area contributed by atoms with Crippen molar-refractivity contribution in [1.29, 1.82) is 0 Å². The summed E-state index contributed by atoms with van der Waals surface area (Å²) in [7, 11) is 0. The van der Waals surface area contributed by atoms with Crippen LogP contribution in [0.2, 0.25) is 0 Å². The van der Waals surface area contributed by atoms with Crippen molar-refractivity contribution >= 4 is 34.9 Å². The Balaban J connectivity index is 1.38. The van der Waals surface area contributed by atoms with E-state index in [1.54, 1.807) is 18.3 Å². The lowest BCUT2D eigenvalue weighted by Crippen LogP contribution is -2.53. The van der Waals surface area contributed by atoms with E-state index in [-0.39, 0.29) is 11.1 Å². The fourth-order valence-corrected chi connectivity index (χ4v) is 4.08. The van der Waals surface area contributed by atoms with E-state index in [4.69, 9.17) is 0 Å². The van der Waals surface area contributed by atoms with E-state index < -0.39 is 0 Å². The van der Waals surface area contributed by atoms with Crippen molar-refractivity contribution in [3.63, 3.8) is 0 Å². The van der Waals surface area contributed by atoms with Crippen molar-refractivity contribution in [2.24, 2.45) is 0 Å². The van der Waals surface area contributed by atoms with E-state index in [9.17, 15) is 9.59 Å². The third kappa shape index (κ3) is 4.22. The Morgan fingerprint density at radius 1 is 1.38 bits per heavy atom. The number of carbonyl (C=O) groups is 2. The van der Waals surface area contributed by atoms with E-state index in [2.05, 4.69) is 30.8 Å². The summed E-state index contributed by atoms with van der Waals surface area (Å²) >= 11 is 0.892. The van der Waals surface area contributed by atoms with E-state index in [0.717, 1.165) is 50.8 Å². The van der Waals surface area contributed by atoms with Gasteiger partial charge in [0.25, 0.3) is 11.1 Å². The molecule has 9 heteroatoms. The number of rotatable bonds is 5. The standard InChI is InChI=1S/C17H22N6O2S/c24-15-14(26-17(25)22-15)8-11-3-6-19-16(20-11)21-13-2-1-7-23(10-13)9-12-4-5-18-12/h3,6,8,12-13,18H,1-2,4-5,7,9-10H2,(H,19,20,21)(H,22,24,25). The van der Waals surface area contributed by atoms with Gasteiger partial charge in [0, 0.05) is 31.4 Å². The molecule has 8 nitrogen and oxygen atoms in total. The molecule has 3 fully saturated rings. The van der Waals surface area contributed by atoms with Crippen LogP contribution < -0.4 is 16.0 Å². The molecule has 0 bridgehead atoms. The van der Waals surface area contributed by atoms with Crippen LogP contribution >= 0.6 is 11.8 Å². The molecular weight excluding hydrogens is 352 g/mol. The van der Waals surface area contributed by atoms with E-state index in [0.29, 0.717) is 28.6 Å². The van der Waals surface area contributed by atoms with Crippen LogP contribution in [0.5, 0.6) is 0 Å². The number of aromatic nitrogens is 2. The first-order chi connectivity index (χ1) is 12.7. The van der Waals surface area contributed by atoms with Crippen molar-refractivity contribution in [1.82, 2.24) is 25.5 Å². The maximum absolute atomic E-state index is 11.7. The molecule has 1 aromatic heterocycles. The van der Waals surface area contributed by atoms with Crippen molar-refractivity contribution in [2.75, 3.05) is 31.5 Å². The fraction of sp³-hybridized carbons (Fsp3) is 0.529. The molecule has 0 spiro atoms. The Kier molecular flexibility index (Phi) is 5.18. The van der Waals surface area contributed by atoms with Gasteiger partial charge >= 0.3 is 0 Å². The van der Waals surface area contributed by atoms with Gasteiger partial charge in [-0.3, -0.25) is 19.8 Å². The number of imide groups is 1. The largest absolute Gasteiger partial charge is 0.350 e. The third-order valence-corrected chi connectivity index (χ3v) is 5.65. The molecule has 2 amide bonds. The molecule has 0 aromatic carbocycles. The molecule has 3 N–H and O–H groups in total. The molecule has 2 atom stereocenters. The van der Waals surface area contributed by atoms with Gasteiger partial charge < -0.3 is 10.6 Å². The van der Waals surface area contributed by atoms with E-state index in [1.165, 1.54) is 6.42 Å². The molecule has 0 aliphatic carbocycles. The van der Waals surface area contributed by atoms with Gasteiger partial charge in [-0.15, -0.1) is 0 Å². The second kappa shape index (κ2) is 7.73. The van der Waals surface area contributed by atoms with Gasteiger partial charge in [0.1, 0.15) is 0 Å². The molecule has 0 saturated carbocycles. The molecule has 3 aliphatic rings. The van der Waals surface area contributed by atoms with Gasteiger partial charge in [0.15, 0.2) is 0 Å². The maximum Gasteiger partial charge on any atom is 0.290 e. The summed E-state index contributed by atoms with van der Waals surface area (Å²) < 4.78 is 0. The summed E-state index contributed by atoms with van der Waals surface area (Å²) in [4.78, 5) is 34.5. The highest BCUT2D eigenvalue weighted by atomic mass is 32.2. The minimum Gasteiger partial charge on any atom is -0.350 e. The molecule has 3 saturated heterocycles. The van der Waals surface area contributed by atoms with Crippen LogP contribution in [0.4, 0.5) is 10.7 Å². The summed E-state index contributed by atoms with van der Waals surface area (Å²) in [6, 6.07) is 2.68. The zero-order valence-corrected chi connectivity index (χ0v) is 15.2. The molecule has 3 aliphatic heterocycles. The third-order valence-electron chi connectivity index (χ3n) is 4.84. The van der Waals surface area contributed by atoms with Crippen molar-refractivity contribution in [2.45, 2.75) is 31.3 Å². The minimum absolute atomic E-state index is 0.317. The molecule has 26 heavy (non-hydrogen) atoms. The average molecular weight is 374 g/mol. The van der Waals surface area contributed by atoms with Crippen LogP contribution in [-0.4, -0.2) is 64.3 Å². The highest BCUT2D eigenvalue weighted by Crippen LogP contribution is 2.25. The smallest absolute Gasteiger partial charge is 0.290 e. The van der Waals surface area contributed by atoms with Crippen LogP contribution in [0.1, 0.15) is 25.0 Å². The van der Waals surface area contributed by atoms with Gasteiger partial charge in [-0.25, -0.2) is 9.97 Å².